The number of amides is 4. The van der Waals surface area contributed by atoms with Crippen molar-refractivity contribution in [3.63, 3.8) is 0 Å². The number of hydrogen-bond acceptors (Lipinski definition) is 9. The summed E-state index contributed by atoms with van der Waals surface area (Å²) in [5.74, 6) is -0.489. The molecule has 0 unspecified atom stereocenters. The first kappa shape index (κ1) is 26.9. The lowest BCUT2D eigenvalue weighted by molar-refractivity contribution is -0.127. The number of alkyl carbamates (subject to hydrolysis) is 2. The quantitative estimate of drug-likeness (QED) is 0.147. The molecule has 0 atom stereocenters. The van der Waals surface area contributed by atoms with Crippen LogP contribution in [0.5, 0.6) is 0 Å². The van der Waals surface area contributed by atoms with Crippen LogP contribution in [-0.2, 0) is 28.6 Å². The minimum Gasteiger partial charge on any atom is -0.453 e. The third-order valence-electron chi connectivity index (χ3n) is 3.34. The standard InChI is InChI=1S/C17H31N5O8/c1-13(23)18-7-8-22-30-9-5-4-6-19-15(24)12-29-14(10-20-16(25)27-2)11-21-17(26)28-3/h8,14H,4-7,9-12H2,1-3H3,(H,18,23)(H,19,24)(H,20,25)(H,21,26)/b22-8-. The van der Waals surface area contributed by atoms with Crippen LogP contribution >= 0.6 is 0 Å². The summed E-state index contributed by atoms with van der Waals surface area (Å²) in [5.41, 5.74) is 0. The Balaban J connectivity index is 3.93. The van der Waals surface area contributed by atoms with Crippen molar-refractivity contribution in [1.82, 2.24) is 21.3 Å². The molecule has 0 fully saturated rings. The average Bonchev–Trinajstić information content (AvgIpc) is 2.73. The molecule has 0 saturated heterocycles. The van der Waals surface area contributed by atoms with Gasteiger partial charge in [0.25, 0.3) is 0 Å². The number of carbonyl (C=O) groups excluding carboxylic acids is 4. The molecular weight excluding hydrogens is 402 g/mol. The molecule has 13 heteroatoms. The second-order valence-corrected chi connectivity index (χ2v) is 5.79. The number of rotatable bonds is 15. The number of ether oxygens (including phenoxy) is 3. The molecule has 0 aliphatic carbocycles. The van der Waals surface area contributed by atoms with Crippen LogP contribution in [0.3, 0.4) is 0 Å². The summed E-state index contributed by atoms with van der Waals surface area (Å²) >= 11 is 0. The van der Waals surface area contributed by atoms with Gasteiger partial charge in [-0.3, -0.25) is 9.59 Å². The zero-order valence-corrected chi connectivity index (χ0v) is 17.5. The highest BCUT2D eigenvalue weighted by Crippen LogP contribution is 1.93. The van der Waals surface area contributed by atoms with Crippen molar-refractivity contribution >= 4 is 30.2 Å². The molecule has 0 spiro atoms. The molecule has 0 heterocycles. The Labute approximate surface area is 175 Å². The van der Waals surface area contributed by atoms with Crippen LogP contribution in [0, 0.1) is 0 Å². The van der Waals surface area contributed by atoms with Crippen molar-refractivity contribution in [1.29, 1.82) is 0 Å². The number of nitrogens with zero attached hydrogens (tertiary/aromatic N) is 1. The number of oxime groups is 1. The van der Waals surface area contributed by atoms with Gasteiger partial charge in [0, 0.05) is 26.6 Å². The Morgan fingerprint density at radius 1 is 0.933 bits per heavy atom. The fourth-order valence-corrected chi connectivity index (χ4v) is 1.82. The van der Waals surface area contributed by atoms with E-state index in [4.69, 9.17) is 9.57 Å². The average molecular weight is 433 g/mol. The minimum absolute atomic E-state index is 0.0315. The van der Waals surface area contributed by atoms with Crippen LogP contribution in [0.25, 0.3) is 0 Å². The van der Waals surface area contributed by atoms with Crippen LogP contribution in [0.2, 0.25) is 0 Å². The van der Waals surface area contributed by atoms with Gasteiger partial charge in [-0.25, -0.2) is 9.59 Å². The fraction of sp³-hybridized carbons (Fsp3) is 0.706. The Morgan fingerprint density at radius 3 is 2.13 bits per heavy atom. The number of unbranched alkanes of at least 4 members (excludes halogenated alkanes) is 1. The molecule has 0 bridgehead atoms. The first-order valence-electron chi connectivity index (χ1n) is 9.29. The van der Waals surface area contributed by atoms with Gasteiger partial charge in [-0.05, 0) is 12.8 Å². The highest BCUT2D eigenvalue weighted by Gasteiger charge is 2.15. The van der Waals surface area contributed by atoms with E-state index in [0.717, 1.165) is 0 Å². The normalized spacial score (nSPS) is 10.4. The van der Waals surface area contributed by atoms with Crippen LogP contribution < -0.4 is 21.3 Å². The van der Waals surface area contributed by atoms with Crippen LogP contribution in [0.4, 0.5) is 9.59 Å². The molecule has 4 amide bonds. The van der Waals surface area contributed by atoms with Crippen molar-refractivity contribution in [3.8, 4) is 0 Å². The molecule has 0 aromatic heterocycles. The van der Waals surface area contributed by atoms with Gasteiger partial charge in [0.2, 0.25) is 11.8 Å². The Kier molecular flexibility index (Phi) is 16.1. The molecule has 0 rings (SSSR count). The van der Waals surface area contributed by atoms with E-state index >= 15 is 0 Å². The van der Waals surface area contributed by atoms with E-state index < -0.39 is 18.3 Å². The minimum atomic E-state index is -0.659. The van der Waals surface area contributed by atoms with E-state index in [-0.39, 0.29) is 31.5 Å². The molecule has 0 aromatic carbocycles. The maximum absolute atomic E-state index is 11.8. The van der Waals surface area contributed by atoms with E-state index in [0.29, 0.717) is 32.5 Å². The van der Waals surface area contributed by atoms with Gasteiger partial charge in [0.05, 0.1) is 33.1 Å². The zero-order chi connectivity index (χ0) is 22.6. The second-order valence-electron chi connectivity index (χ2n) is 5.79. The van der Waals surface area contributed by atoms with E-state index in [9.17, 15) is 19.2 Å². The van der Waals surface area contributed by atoms with E-state index in [1.165, 1.54) is 27.4 Å². The van der Waals surface area contributed by atoms with Crippen molar-refractivity contribution in [2.24, 2.45) is 5.16 Å². The molecule has 4 N–H and O–H groups in total. The SMILES string of the molecule is COC(=O)NCC(CNC(=O)OC)OCC(=O)NCCCCO/N=C\CNC(C)=O. The fourth-order valence-electron chi connectivity index (χ4n) is 1.82. The van der Waals surface area contributed by atoms with E-state index in [1.54, 1.807) is 0 Å². The topological polar surface area (TPSA) is 166 Å². The van der Waals surface area contributed by atoms with Gasteiger partial charge in [-0.1, -0.05) is 5.16 Å². The van der Waals surface area contributed by atoms with Crippen molar-refractivity contribution < 1.29 is 38.2 Å². The molecule has 13 nitrogen and oxygen atoms in total. The smallest absolute Gasteiger partial charge is 0.406 e. The predicted molar refractivity (Wildman–Crippen MR) is 106 cm³/mol. The third kappa shape index (κ3) is 17.0. The third-order valence-corrected chi connectivity index (χ3v) is 3.34. The van der Waals surface area contributed by atoms with Crippen molar-refractivity contribution in [3.05, 3.63) is 0 Å². The lowest BCUT2D eigenvalue weighted by atomic mass is 10.3. The zero-order valence-electron chi connectivity index (χ0n) is 17.5. The van der Waals surface area contributed by atoms with Gasteiger partial charge < -0.3 is 40.3 Å². The number of methoxy groups -OCH3 is 2. The second kappa shape index (κ2) is 18.0. The summed E-state index contributed by atoms with van der Waals surface area (Å²) in [6.45, 7) is 2.33. The van der Waals surface area contributed by atoms with Crippen molar-refractivity contribution in [2.45, 2.75) is 25.9 Å². The summed E-state index contributed by atoms with van der Waals surface area (Å²) in [6, 6.07) is 0. The van der Waals surface area contributed by atoms with Gasteiger partial charge >= 0.3 is 12.2 Å². The maximum atomic E-state index is 11.8. The molecular formula is C17H31N5O8. The van der Waals surface area contributed by atoms with Crippen LogP contribution in [0.1, 0.15) is 19.8 Å². The highest BCUT2D eigenvalue weighted by molar-refractivity contribution is 5.77. The molecule has 0 aromatic rings. The van der Waals surface area contributed by atoms with E-state index in [1.807, 2.05) is 0 Å². The summed E-state index contributed by atoms with van der Waals surface area (Å²) in [5, 5.41) is 13.8. The Morgan fingerprint density at radius 2 is 1.57 bits per heavy atom. The summed E-state index contributed by atoms with van der Waals surface area (Å²) in [6.07, 6.45) is 0.816. The number of carbonyl (C=O) groups is 4. The number of nitrogens with one attached hydrogen (secondary N) is 4. The first-order valence-corrected chi connectivity index (χ1v) is 9.29. The summed E-state index contributed by atoms with van der Waals surface area (Å²) < 4.78 is 14.3. The molecule has 172 valence electrons. The molecule has 0 aliphatic heterocycles. The van der Waals surface area contributed by atoms with Gasteiger partial charge in [0.15, 0.2) is 0 Å². The summed E-state index contributed by atoms with van der Waals surface area (Å²) in [7, 11) is 2.43. The lowest BCUT2D eigenvalue weighted by Crippen LogP contribution is -2.43. The molecule has 0 saturated carbocycles. The lowest BCUT2D eigenvalue weighted by Gasteiger charge is -2.18. The maximum Gasteiger partial charge on any atom is 0.406 e. The molecule has 0 aliphatic rings. The van der Waals surface area contributed by atoms with Gasteiger partial charge in [-0.15, -0.1) is 0 Å². The number of hydrogen-bond donors (Lipinski definition) is 4. The monoisotopic (exact) mass is 433 g/mol. The molecule has 30 heavy (non-hydrogen) atoms. The Bertz CT molecular complexity index is 538. The Hall–Kier alpha value is -3.09. The molecule has 0 radical (unpaired) electrons. The van der Waals surface area contributed by atoms with Crippen molar-refractivity contribution in [2.75, 3.05) is 53.6 Å². The predicted octanol–water partition coefficient (Wildman–Crippen LogP) is -0.881. The highest BCUT2D eigenvalue weighted by atomic mass is 16.6. The van der Waals surface area contributed by atoms with E-state index in [2.05, 4.69) is 35.9 Å². The van der Waals surface area contributed by atoms with Gasteiger partial charge in [-0.2, -0.15) is 0 Å². The van der Waals surface area contributed by atoms with Crippen LogP contribution in [-0.4, -0.2) is 89.9 Å². The van der Waals surface area contributed by atoms with Gasteiger partial charge in [0.1, 0.15) is 13.2 Å². The first-order chi connectivity index (χ1) is 14.4. The largest absolute Gasteiger partial charge is 0.453 e. The summed E-state index contributed by atoms with van der Waals surface area (Å²) in [4.78, 5) is 49.8. The van der Waals surface area contributed by atoms with Crippen LogP contribution in [0.15, 0.2) is 5.16 Å².